The van der Waals surface area contributed by atoms with Gasteiger partial charge in [0, 0.05) is 18.8 Å². The minimum atomic E-state index is -0.154. The lowest BCUT2D eigenvalue weighted by Gasteiger charge is -2.30. The summed E-state index contributed by atoms with van der Waals surface area (Å²) in [5.41, 5.74) is 3.54. The average Bonchev–Trinajstić information content (AvgIpc) is 2.44. The molecule has 3 heteroatoms. The van der Waals surface area contributed by atoms with Gasteiger partial charge in [-0.05, 0) is 57.2 Å². The number of nitrogens with zero attached hydrogens (tertiary/aromatic N) is 1. The fraction of sp³-hybridized carbons (Fsp3) is 0.562. The van der Waals surface area contributed by atoms with Crippen molar-refractivity contribution in [2.24, 2.45) is 0 Å². The predicted molar refractivity (Wildman–Crippen MR) is 79.4 cm³/mol. The van der Waals surface area contributed by atoms with Crippen LogP contribution in [0.5, 0.6) is 0 Å². The molecule has 1 N–H and O–H groups in total. The zero-order chi connectivity index (χ0) is 13.8. The lowest BCUT2D eigenvalue weighted by Crippen LogP contribution is -2.44. The molecule has 0 spiro atoms. The van der Waals surface area contributed by atoms with E-state index in [9.17, 15) is 4.79 Å². The highest BCUT2D eigenvalue weighted by Crippen LogP contribution is 2.19. The van der Waals surface area contributed by atoms with Gasteiger partial charge in [0.05, 0.1) is 0 Å². The van der Waals surface area contributed by atoms with E-state index in [2.05, 4.69) is 25.2 Å². The van der Waals surface area contributed by atoms with Crippen LogP contribution in [0.4, 0.5) is 5.69 Å². The first-order valence-electron chi connectivity index (χ1n) is 7.21. The molecule has 1 aromatic rings. The fourth-order valence-electron chi connectivity index (χ4n) is 2.59. The largest absolute Gasteiger partial charge is 0.374 e. The normalized spacial score (nSPS) is 17.1. The van der Waals surface area contributed by atoms with Crippen LogP contribution in [0, 0.1) is 13.8 Å². The molecule has 0 bridgehead atoms. The Morgan fingerprint density at radius 2 is 1.89 bits per heavy atom. The number of benzene rings is 1. The summed E-state index contributed by atoms with van der Waals surface area (Å²) in [6.45, 7) is 7.97. The van der Waals surface area contributed by atoms with Crippen LogP contribution in [-0.2, 0) is 4.79 Å². The van der Waals surface area contributed by atoms with Crippen LogP contribution in [0.3, 0.4) is 0 Å². The number of carbonyl (C=O) groups is 1. The van der Waals surface area contributed by atoms with E-state index in [0.29, 0.717) is 0 Å². The van der Waals surface area contributed by atoms with E-state index in [4.69, 9.17) is 0 Å². The molecule has 0 aliphatic carbocycles. The van der Waals surface area contributed by atoms with E-state index in [1.165, 1.54) is 17.5 Å². The summed E-state index contributed by atoms with van der Waals surface area (Å²) in [6.07, 6.45) is 3.53. The second-order valence-corrected chi connectivity index (χ2v) is 5.50. The number of likely N-dealkylation sites (tertiary alicyclic amines) is 1. The number of carbonyl (C=O) groups excluding carboxylic acids is 1. The molecule has 3 nitrogen and oxygen atoms in total. The van der Waals surface area contributed by atoms with Crippen molar-refractivity contribution >= 4 is 11.6 Å². The maximum Gasteiger partial charge on any atom is 0.244 e. The van der Waals surface area contributed by atoms with Crippen LogP contribution in [0.15, 0.2) is 18.2 Å². The quantitative estimate of drug-likeness (QED) is 0.905. The Morgan fingerprint density at radius 3 is 2.58 bits per heavy atom. The number of aryl methyl sites for hydroxylation is 1. The van der Waals surface area contributed by atoms with Crippen molar-refractivity contribution in [3.63, 3.8) is 0 Å². The molecular weight excluding hydrogens is 236 g/mol. The van der Waals surface area contributed by atoms with Crippen molar-refractivity contribution in [1.82, 2.24) is 4.90 Å². The van der Waals surface area contributed by atoms with Crippen LogP contribution >= 0.6 is 0 Å². The maximum atomic E-state index is 12.4. The van der Waals surface area contributed by atoms with Crippen molar-refractivity contribution in [3.8, 4) is 0 Å². The first-order valence-corrected chi connectivity index (χ1v) is 7.21. The number of piperidine rings is 1. The third-order valence-corrected chi connectivity index (χ3v) is 4.01. The van der Waals surface area contributed by atoms with Crippen LogP contribution < -0.4 is 5.32 Å². The topological polar surface area (TPSA) is 32.3 Å². The van der Waals surface area contributed by atoms with Crippen LogP contribution in [-0.4, -0.2) is 29.9 Å². The lowest BCUT2D eigenvalue weighted by molar-refractivity contribution is -0.132. The number of rotatable bonds is 3. The van der Waals surface area contributed by atoms with Gasteiger partial charge in [0.25, 0.3) is 0 Å². The number of hydrogen-bond donors (Lipinski definition) is 1. The zero-order valence-electron chi connectivity index (χ0n) is 12.2. The summed E-state index contributed by atoms with van der Waals surface area (Å²) < 4.78 is 0. The number of hydrogen-bond acceptors (Lipinski definition) is 2. The molecule has 1 aliphatic heterocycles. The predicted octanol–water partition coefficient (Wildman–Crippen LogP) is 3.12. The highest BCUT2D eigenvalue weighted by Gasteiger charge is 2.22. The smallest absolute Gasteiger partial charge is 0.244 e. The Balaban J connectivity index is 2.01. The van der Waals surface area contributed by atoms with Crippen molar-refractivity contribution in [1.29, 1.82) is 0 Å². The molecule has 2 rings (SSSR count). The molecule has 1 saturated heterocycles. The number of amides is 1. The summed E-state index contributed by atoms with van der Waals surface area (Å²) in [4.78, 5) is 14.4. The van der Waals surface area contributed by atoms with Gasteiger partial charge in [-0.25, -0.2) is 0 Å². The highest BCUT2D eigenvalue weighted by molar-refractivity contribution is 5.84. The summed E-state index contributed by atoms with van der Waals surface area (Å²) in [6, 6.07) is 6.02. The van der Waals surface area contributed by atoms with E-state index in [1.807, 2.05) is 24.0 Å². The summed E-state index contributed by atoms with van der Waals surface area (Å²) >= 11 is 0. The fourth-order valence-corrected chi connectivity index (χ4v) is 2.59. The van der Waals surface area contributed by atoms with Crippen molar-refractivity contribution in [2.45, 2.75) is 46.1 Å². The SMILES string of the molecule is Cc1cccc(NC(C)C(=O)N2CCCCC2)c1C. The molecule has 1 unspecified atom stereocenters. The molecule has 0 aromatic heterocycles. The van der Waals surface area contributed by atoms with Gasteiger partial charge < -0.3 is 10.2 Å². The van der Waals surface area contributed by atoms with Gasteiger partial charge in [0.15, 0.2) is 0 Å². The molecule has 1 fully saturated rings. The number of nitrogens with one attached hydrogen (secondary N) is 1. The van der Waals surface area contributed by atoms with E-state index in [0.717, 1.165) is 31.6 Å². The molecule has 1 aromatic carbocycles. The molecule has 19 heavy (non-hydrogen) atoms. The minimum absolute atomic E-state index is 0.154. The lowest BCUT2D eigenvalue weighted by atomic mass is 10.1. The van der Waals surface area contributed by atoms with Gasteiger partial charge in [0.1, 0.15) is 6.04 Å². The van der Waals surface area contributed by atoms with Crippen LogP contribution in [0.2, 0.25) is 0 Å². The van der Waals surface area contributed by atoms with E-state index in [1.54, 1.807) is 0 Å². The Labute approximate surface area is 116 Å². The molecule has 0 saturated carbocycles. The standard InChI is InChI=1S/C16H24N2O/c1-12-8-7-9-15(13(12)2)17-14(3)16(19)18-10-5-4-6-11-18/h7-9,14,17H,4-6,10-11H2,1-3H3. The summed E-state index contributed by atoms with van der Waals surface area (Å²) in [7, 11) is 0. The second-order valence-electron chi connectivity index (χ2n) is 5.50. The van der Waals surface area contributed by atoms with Crippen molar-refractivity contribution in [2.75, 3.05) is 18.4 Å². The first-order chi connectivity index (χ1) is 9.09. The first kappa shape index (κ1) is 13.9. The van der Waals surface area contributed by atoms with Crippen molar-refractivity contribution < 1.29 is 4.79 Å². The molecule has 1 heterocycles. The summed E-state index contributed by atoms with van der Waals surface area (Å²) in [5.74, 6) is 0.223. The van der Waals surface area contributed by atoms with Gasteiger partial charge in [-0.2, -0.15) is 0 Å². The molecule has 1 aliphatic rings. The van der Waals surface area contributed by atoms with Crippen LogP contribution in [0.25, 0.3) is 0 Å². The molecule has 1 amide bonds. The Hall–Kier alpha value is -1.51. The zero-order valence-corrected chi connectivity index (χ0v) is 12.2. The Morgan fingerprint density at radius 1 is 1.21 bits per heavy atom. The van der Waals surface area contributed by atoms with Crippen molar-refractivity contribution in [3.05, 3.63) is 29.3 Å². The maximum absolute atomic E-state index is 12.4. The van der Waals surface area contributed by atoms with E-state index < -0.39 is 0 Å². The molecule has 1 atom stereocenters. The Bertz CT molecular complexity index is 450. The number of anilines is 1. The highest BCUT2D eigenvalue weighted by atomic mass is 16.2. The van der Waals surface area contributed by atoms with Gasteiger partial charge in [0.2, 0.25) is 5.91 Å². The third kappa shape index (κ3) is 3.28. The minimum Gasteiger partial charge on any atom is -0.374 e. The van der Waals surface area contributed by atoms with Gasteiger partial charge >= 0.3 is 0 Å². The molecule has 0 radical (unpaired) electrons. The average molecular weight is 260 g/mol. The Kier molecular flexibility index (Phi) is 4.46. The second kappa shape index (κ2) is 6.09. The van der Waals surface area contributed by atoms with Gasteiger partial charge in [-0.1, -0.05) is 12.1 Å². The third-order valence-electron chi connectivity index (χ3n) is 4.01. The van der Waals surface area contributed by atoms with Gasteiger partial charge in [-0.15, -0.1) is 0 Å². The van der Waals surface area contributed by atoms with Gasteiger partial charge in [-0.3, -0.25) is 4.79 Å². The van der Waals surface area contributed by atoms with E-state index >= 15 is 0 Å². The van der Waals surface area contributed by atoms with E-state index in [-0.39, 0.29) is 11.9 Å². The van der Waals surface area contributed by atoms with Crippen LogP contribution in [0.1, 0.15) is 37.3 Å². The molecular formula is C16H24N2O. The monoisotopic (exact) mass is 260 g/mol. The molecule has 104 valence electrons. The summed E-state index contributed by atoms with van der Waals surface area (Å²) in [5, 5.41) is 3.36.